The van der Waals surface area contributed by atoms with Crippen LogP contribution in [-0.2, 0) is 13.6 Å². The molecule has 8 heteroatoms. The van der Waals surface area contributed by atoms with Gasteiger partial charge >= 0.3 is 0 Å². The standard InChI is InChI=1S/C17H23ClN4O3/c1-12-15(18)16(20(2)19-12)17(24)22-7-6-21(13(10-22)5-8-23)11-14-4-3-9-25-14/h3-4,9,13,23H,5-8,10-11H2,1-2H3. The minimum absolute atomic E-state index is 0.0703. The molecule has 25 heavy (non-hydrogen) atoms. The minimum atomic E-state index is -0.117. The highest BCUT2D eigenvalue weighted by Gasteiger charge is 2.32. The highest BCUT2D eigenvalue weighted by molar-refractivity contribution is 6.34. The van der Waals surface area contributed by atoms with Gasteiger partial charge in [-0.2, -0.15) is 5.10 Å². The van der Waals surface area contributed by atoms with Crippen LogP contribution in [0.15, 0.2) is 22.8 Å². The Morgan fingerprint density at radius 2 is 2.28 bits per heavy atom. The SMILES string of the molecule is Cc1nn(C)c(C(=O)N2CCN(Cc3ccco3)C(CCO)C2)c1Cl. The number of nitrogens with zero attached hydrogens (tertiary/aromatic N) is 4. The molecule has 1 amide bonds. The Morgan fingerprint density at radius 3 is 2.88 bits per heavy atom. The number of aliphatic hydroxyl groups is 1. The highest BCUT2D eigenvalue weighted by Crippen LogP contribution is 2.23. The van der Waals surface area contributed by atoms with Gasteiger partial charge in [0.2, 0.25) is 0 Å². The smallest absolute Gasteiger partial charge is 0.273 e. The first-order valence-corrected chi connectivity index (χ1v) is 8.74. The van der Waals surface area contributed by atoms with E-state index in [9.17, 15) is 9.90 Å². The summed E-state index contributed by atoms with van der Waals surface area (Å²) < 4.78 is 6.96. The van der Waals surface area contributed by atoms with Crippen LogP contribution in [-0.4, -0.2) is 62.9 Å². The third-order valence-electron chi connectivity index (χ3n) is 4.64. The summed E-state index contributed by atoms with van der Waals surface area (Å²) in [6, 6.07) is 3.87. The van der Waals surface area contributed by atoms with E-state index in [4.69, 9.17) is 16.0 Å². The van der Waals surface area contributed by atoms with E-state index in [0.717, 1.165) is 5.76 Å². The molecular formula is C17H23ClN4O3. The van der Waals surface area contributed by atoms with Crippen LogP contribution in [0.25, 0.3) is 0 Å². The van der Waals surface area contributed by atoms with Crippen molar-refractivity contribution in [2.75, 3.05) is 26.2 Å². The van der Waals surface area contributed by atoms with Gasteiger partial charge in [-0.15, -0.1) is 0 Å². The number of furan rings is 1. The number of hydrogen-bond donors (Lipinski definition) is 1. The van der Waals surface area contributed by atoms with Gasteiger partial charge in [-0.25, -0.2) is 0 Å². The number of carbonyl (C=O) groups excluding carboxylic acids is 1. The maximum Gasteiger partial charge on any atom is 0.273 e. The van der Waals surface area contributed by atoms with E-state index in [1.54, 1.807) is 25.1 Å². The van der Waals surface area contributed by atoms with Crippen molar-refractivity contribution >= 4 is 17.5 Å². The first-order valence-electron chi connectivity index (χ1n) is 8.37. The molecule has 1 atom stereocenters. The van der Waals surface area contributed by atoms with Crippen molar-refractivity contribution in [3.8, 4) is 0 Å². The molecular weight excluding hydrogens is 344 g/mol. The van der Waals surface area contributed by atoms with Gasteiger partial charge in [-0.3, -0.25) is 14.4 Å². The van der Waals surface area contributed by atoms with Crippen molar-refractivity contribution < 1.29 is 14.3 Å². The van der Waals surface area contributed by atoms with Gasteiger partial charge in [-0.05, 0) is 25.5 Å². The van der Waals surface area contributed by atoms with Crippen LogP contribution in [0.3, 0.4) is 0 Å². The van der Waals surface area contributed by atoms with E-state index in [0.29, 0.717) is 49.0 Å². The van der Waals surface area contributed by atoms with Gasteiger partial charge in [0.25, 0.3) is 5.91 Å². The van der Waals surface area contributed by atoms with E-state index in [-0.39, 0.29) is 18.6 Å². The van der Waals surface area contributed by atoms with Gasteiger partial charge in [0, 0.05) is 39.3 Å². The predicted octanol–water partition coefficient (Wildman–Crippen LogP) is 1.68. The fourth-order valence-corrected chi connectivity index (χ4v) is 3.57. The first kappa shape index (κ1) is 18.0. The summed E-state index contributed by atoms with van der Waals surface area (Å²) in [6.07, 6.45) is 2.26. The molecule has 1 unspecified atom stereocenters. The molecule has 0 spiro atoms. The molecule has 3 rings (SSSR count). The molecule has 1 N–H and O–H groups in total. The Balaban J connectivity index is 1.73. The minimum Gasteiger partial charge on any atom is -0.468 e. The van der Waals surface area contributed by atoms with Gasteiger partial charge in [0.1, 0.15) is 11.5 Å². The van der Waals surface area contributed by atoms with Crippen LogP contribution in [0, 0.1) is 6.92 Å². The number of rotatable bonds is 5. The van der Waals surface area contributed by atoms with Crippen LogP contribution in [0.5, 0.6) is 0 Å². The second-order valence-corrected chi connectivity index (χ2v) is 6.72. The summed E-state index contributed by atoms with van der Waals surface area (Å²) in [7, 11) is 1.73. The van der Waals surface area contributed by atoms with Crippen LogP contribution in [0.1, 0.15) is 28.4 Å². The lowest BCUT2D eigenvalue weighted by molar-refractivity contribution is 0.0365. The van der Waals surface area contributed by atoms with Crippen LogP contribution in [0.2, 0.25) is 5.02 Å². The summed E-state index contributed by atoms with van der Waals surface area (Å²) in [5, 5.41) is 14.0. The Hall–Kier alpha value is -1.83. The molecule has 7 nitrogen and oxygen atoms in total. The lowest BCUT2D eigenvalue weighted by atomic mass is 10.1. The number of hydrogen-bond acceptors (Lipinski definition) is 5. The third-order valence-corrected chi connectivity index (χ3v) is 5.10. The Bertz CT molecular complexity index is 729. The van der Waals surface area contributed by atoms with Gasteiger partial charge < -0.3 is 14.4 Å². The van der Waals surface area contributed by atoms with E-state index >= 15 is 0 Å². The molecule has 0 bridgehead atoms. The zero-order chi connectivity index (χ0) is 18.0. The highest BCUT2D eigenvalue weighted by atomic mass is 35.5. The fraction of sp³-hybridized carbons (Fsp3) is 0.529. The zero-order valence-electron chi connectivity index (χ0n) is 14.5. The van der Waals surface area contributed by atoms with Gasteiger partial charge in [-0.1, -0.05) is 11.6 Å². The summed E-state index contributed by atoms with van der Waals surface area (Å²) in [6.45, 7) is 4.39. The van der Waals surface area contributed by atoms with E-state index in [2.05, 4.69) is 10.00 Å². The second-order valence-electron chi connectivity index (χ2n) is 6.34. The second kappa shape index (κ2) is 7.59. The number of amides is 1. The molecule has 1 aliphatic heterocycles. The van der Waals surface area contributed by atoms with Crippen molar-refractivity contribution in [2.24, 2.45) is 7.05 Å². The van der Waals surface area contributed by atoms with Crippen LogP contribution < -0.4 is 0 Å². The Kier molecular flexibility index (Phi) is 5.46. The molecule has 1 aliphatic rings. The topological polar surface area (TPSA) is 74.7 Å². The number of carbonyl (C=O) groups is 1. The number of piperazine rings is 1. The molecule has 2 aromatic rings. The van der Waals surface area contributed by atoms with Crippen molar-refractivity contribution in [1.82, 2.24) is 19.6 Å². The maximum absolute atomic E-state index is 12.9. The molecule has 0 saturated carbocycles. The maximum atomic E-state index is 12.9. The fourth-order valence-electron chi connectivity index (χ4n) is 3.33. The lowest BCUT2D eigenvalue weighted by Gasteiger charge is -2.41. The average molecular weight is 367 g/mol. The molecule has 1 fully saturated rings. The number of halogens is 1. The van der Waals surface area contributed by atoms with Crippen LogP contribution in [0.4, 0.5) is 0 Å². The van der Waals surface area contributed by atoms with Crippen molar-refractivity contribution in [3.63, 3.8) is 0 Å². The molecule has 0 radical (unpaired) electrons. The molecule has 3 heterocycles. The average Bonchev–Trinajstić information content (AvgIpc) is 3.17. The van der Waals surface area contributed by atoms with Gasteiger partial charge in [0.05, 0.1) is 23.5 Å². The predicted molar refractivity (Wildman–Crippen MR) is 93.5 cm³/mol. The van der Waals surface area contributed by atoms with Crippen molar-refractivity contribution in [1.29, 1.82) is 0 Å². The van der Waals surface area contributed by atoms with E-state index in [1.165, 1.54) is 4.68 Å². The summed E-state index contributed by atoms with van der Waals surface area (Å²) in [5.74, 6) is 0.765. The molecule has 136 valence electrons. The first-order chi connectivity index (χ1) is 12.0. The van der Waals surface area contributed by atoms with Crippen molar-refractivity contribution in [3.05, 3.63) is 40.6 Å². The molecule has 0 aliphatic carbocycles. The molecule has 1 saturated heterocycles. The van der Waals surface area contributed by atoms with Crippen molar-refractivity contribution in [2.45, 2.75) is 25.9 Å². The number of aromatic nitrogens is 2. The quantitative estimate of drug-likeness (QED) is 0.871. The van der Waals surface area contributed by atoms with Crippen LogP contribution >= 0.6 is 11.6 Å². The van der Waals surface area contributed by atoms with E-state index in [1.807, 2.05) is 12.1 Å². The van der Waals surface area contributed by atoms with Gasteiger partial charge in [0.15, 0.2) is 0 Å². The summed E-state index contributed by atoms with van der Waals surface area (Å²) in [4.78, 5) is 16.9. The lowest BCUT2D eigenvalue weighted by Crippen LogP contribution is -2.54. The molecule has 2 aromatic heterocycles. The number of aryl methyl sites for hydroxylation is 2. The summed E-state index contributed by atoms with van der Waals surface area (Å²) >= 11 is 6.26. The van der Waals surface area contributed by atoms with E-state index < -0.39 is 0 Å². The molecule has 0 aromatic carbocycles. The normalized spacial score (nSPS) is 18.7. The number of aliphatic hydroxyl groups excluding tert-OH is 1. The monoisotopic (exact) mass is 366 g/mol. The Morgan fingerprint density at radius 1 is 1.48 bits per heavy atom. The largest absolute Gasteiger partial charge is 0.468 e. The summed E-state index contributed by atoms with van der Waals surface area (Å²) in [5.41, 5.74) is 1.07. The Labute approximate surface area is 151 Å². The third kappa shape index (κ3) is 3.73. The zero-order valence-corrected chi connectivity index (χ0v) is 15.2.